The molecule has 0 fully saturated rings. The van der Waals surface area contributed by atoms with Gasteiger partial charge in [0.1, 0.15) is 0 Å². The van der Waals surface area contributed by atoms with Crippen LogP contribution in [0.2, 0.25) is 5.04 Å². The van der Waals surface area contributed by atoms with E-state index in [9.17, 15) is 5.11 Å². The van der Waals surface area contributed by atoms with E-state index < -0.39 is 8.32 Å². The zero-order valence-electron chi connectivity index (χ0n) is 16.2. The molecule has 0 spiro atoms. The van der Waals surface area contributed by atoms with Gasteiger partial charge in [0, 0.05) is 6.61 Å². The van der Waals surface area contributed by atoms with E-state index in [2.05, 4.69) is 88.4 Å². The molecule has 0 heterocycles. The molecule has 2 rings (SSSR count). The highest BCUT2D eigenvalue weighted by molar-refractivity contribution is 6.99. The van der Waals surface area contributed by atoms with Crippen molar-refractivity contribution in [2.45, 2.75) is 52.2 Å². The number of hydrogen-bond donors (Lipinski definition) is 1. The second-order valence-corrected chi connectivity index (χ2v) is 12.3. The second-order valence-electron chi connectivity index (χ2n) is 8.02. The highest BCUT2D eigenvalue weighted by Gasteiger charge is 2.49. The minimum atomic E-state index is -2.43. The topological polar surface area (TPSA) is 29.5 Å². The van der Waals surface area contributed by atoms with E-state index in [0.29, 0.717) is 6.61 Å². The molecule has 0 radical (unpaired) electrons. The van der Waals surface area contributed by atoms with E-state index in [0.717, 1.165) is 6.42 Å². The molecule has 0 aliphatic carbocycles. The number of benzene rings is 2. The van der Waals surface area contributed by atoms with E-state index in [4.69, 9.17) is 4.43 Å². The first kappa shape index (κ1) is 19.9. The fraction of sp³-hybridized carbons (Fsp3) is 0.455. The molecule has 25 heavy (non-hydrogen) atoms. The highest BCUT2D eigenvalue weighted by Crippen LogP contribution is 2.36. The van der Waals surface area contributed by atoms with Crippen molar-refractivity contribution in [2.24, 2.45) is 5.92 Å². The Morgan fingerprint density at radius 1 is 0.880 bits per heavy atom. The Hall–Kier alpha value is -1.42. The third-order valence-electron chi connectivity index (χ3n) is 5.13. The summed E-state index contributed by atoms with van der Waals surface area (Å²) in [5.74, 6) is 0.234. The molecule has 0 unspecified atom stereocenters. The van der Waals surface area contributed by atoms with Crippen LogP contribution < -0.4 is 10.4 Å². The third-order valence-corrected chi connectivity index (χ3v) is 10.2. The van der Waals surface area contributed by atoms with Gasteiger partial charge in [-0.1, -0.05) is 88.4 Å². The van der Waals surface area contributed by atoms with Crippen LogP contribution in [0.25, 0.3) is 0 Å². The van der Waals surface area contributed by atoms with Gasteiger partial charge in [-0.2, -0.15) is 0 Å². The lowest BCUT2D eigenvalue weighted by Crippen LogP contribution is -2.66. The first-order chi connectivity index (χ1) is 11.8. The Morgan fingerprint density at radius 3 is 1.68 bits per heavy atom. The molecular weight excluding hydrogens is 324 g/mol. The van der Waals surface area contributed by atoms with Gasteiger partial charge in [-0.05, 0) is 34.7 Å². The summed E-state index contributed by atoms with van der Waals surface area (Å²) in [4.78, 5) is 0. The summed E-state index contributed by atoms with van der Waals surface area (Å²) in [6, 6.07) is 21.4. The lowest BCUT2D eigenvalue weighted by Gasteiger charge is -2.43. The van der Waals surface area contributed by atoms with Gasteiger partial charge < -0.3 is 9.53 Å². The molecule has 0 saturated carbocycles. The smallest absolute Gasteiger partial charge is 0.261 e. The maximum absolute atomic E-state index is 9.80. The first-order valence-electron chi connectivity index (χ1n) is 9.22. The average Bonchev–Trinajstić information content (AvgIpc) is 2.59. The maximum Gasteiger partial charge on any atom is 0.261 e. The molecule has 0 aromatic heterocycles. The van der Waals surface area contributed by atoms with Gasteiger partial charge in [-0.25, -0.2) is 0 Å². The molecule has 0 amide bonds. The molecule has 0 saturated heterocycles. The van der Waals surface area contributed by atoms with Crippen molar-refractivity contribution >= 4 is 18.7 Å². The monoisotopic (exact) mass is 356 g/mol. The van der Waals surface area contributed by atoms with E-state index in [-0.39, 0.29) is 17.1 Å². The lowest BCUT2D eigenvalue weighted by molar-refractivity contribution is 0.117. The largest absolute Gasteiger partial charge is 0.407 e. The van der Waals surface area contributed by atoms with Crippen LogP contribution in [0.5, 0.6) is 0 Å². The van der Waals surface area contributed by atoms with Gasteiger partial charge in [-0.15, -0.1) is 0 Å². The minimum absolute atomic E-state index is 0.00375. The zero-order chi connectivity index (χ0) is 18.5. The van der Waals surface area contributed by atoms with Crippen molar-refractivity contribution in [1.82, 2.24) is 0 Å². The first-order valence-corrected chi connectivity index (χ1v) is 11.1. The van der Waals surface area contributed by atoms with Crippen LogP contribution in [-0.2, 0) is 4.43 Å². The van der Waals surface area contributed by atoms with E-state index in [1.54, 1.807) is 0 Å². The highest BCUT2D eigenvalue weighted by atomic mass is 28.4. The van der Waals surface area contributed by atoms with Crippen LogP contribution in [0, 0.1) is 5.92 Å². The van der Waals surface area contributed by atoms with Crippen LogP contribution in [0.1, 0.15) is 41.0 Å². The molecule has 2 nitrogen and oxygen atoms in total. The van der Waals surface area contributed by atoms with Gasteiger partial charge in [0.05, 0.1) is 6.10 Å². The minimum Gasteiger partial charge on any atom is -0.407 e. The van der Waals surface area contributed by atoms with Crippen molar-refractivity contribution in [1.29, 1.82) is 0 Å². The van der Waals surface area contributed by atoms with Gasteiger partial charge in [0.2, 0.25) is 0 Å². The van der Waals surface area contributed by atoms with Gasteiger partial charge in [-0.3, -0.25) is 0 Å². The fourth-order valence-corrected chi connectivity index (χ4v) is 7.98. The quantitative estimate of drug-likeness (QED) is 0.761. The summed E-state index contributed by atoms with van der Waals surface area (Å²) in [5.41, 5.74) is 0. The van der Waals surface area contributed by atoms with Gasteiger partial charge in [0.25, 0.3) is 8.32 Å². The Bertz CT molecular complexity index is 593. The maximum atomic E-state index is 9.80. The summed E-state index contributed by atoms with van der Waals surface area (Å²) in [7, 11) is -2.43. The van der Waals surface area contributed by atoms with E-state index >= 15 is 0 Å². The predicted octanol–water partition coefficient (Wildman–Crippen LogP) is 3.97. The average molecular weight is 357 g/mol. The summed E-state index contributed by atoms with van der Waals surface area (Å²) in [5, 5.41) is 12.4. The van der Waals surface area contributed by atoms with Gasteiger partial charge in [0.15, 0.2) is 0 Å². The number of aliphatic hydroxyl groups is 1. The van der Waals surface area contributed by atoms with Crippen LogP contribution in [0.4, 0.5) is 0 Å². The molecule has 0 aliphatic heterocycles. The SMILES string of the molecule is C[C@H](CCO[Si](c1ccccc1)(c1ccccc1)C(C)(C)C)[C@@H](C)O. The van der Waals surface area contributed by atoms with E-state index in [1.165, 1.54) is 10.4 Å². The predicted molar refractivity (Wildman–Crippen MR) is 109 cm³/mol. The van der Waals surface area contributed by atoms with Gasteiger partial charge >= 0.3 is 0 Å². The molecule has 2 aromatic rings. The van der Waals surface area contributed by atoms with Crippen molar-refractivity contribution in [3.8, 4) is 0 Å². The third kappa shape index (κ3) is 4.41. The van der Waals surface area contributed by atoms with Crippen molar-refractivity contribution in [2.75, 3.05) is 6.61 Å². The van der Waals surface area contributed by atoms with E-state index in [1.807, 2.05) is 6.92 Å². The molecule has 0 aliphatic rings. The molecule has 3 heteroatoms. The number of aliphatic hydroxyl groups excluding tert-OH is 1. The molecule has 136 valence electrons. The number of hydrogen-bond acceptors (Lipinski definition) is 2. The van der Waals surface area contributed by atoms with Crippen molar-refractivity contribution in [3.63, 3.8) is 0 Å². The number of rotatable bonds is 7. The molecular formula is C22H32O2Si. The van der Waals surface area contributed by atoms with Crippen molar-refractivity contribution in [3.05, 3.63) is 60.7 Å². The molecule has 2 aromatic carbocycles. The van der Waals surface area contributed by atoms with Crippen LogP contribution >= 0.6 is 0 Å². The Balaban J connectivity index is 2.46. The fourth-order valence-electron chi connectivity index (χ4n) is 3.40. The van der Waals surface area contributed by atoms with Crippen LogP contribution in [0.15, 0.2) is 60.7 Å². The lowest BCUT2D eigenvalue weighted by atomic mass is 10.0. The summed E-state index contributed by atoms with van der Waals surface area (Å²) < 4.78 is 6.81. The summed E-state index contributed by atoms with van der Waals surface area (Å²) >= 11 is 0. The molecule has 0 bridgehead atoms. The van der Waals surface area contributed by atoms with Crippen molar-refractivity contribution < 1.29 is 9.53 Å². The second kappa shape index (κ2) is 8.30. The molecule has 1 N–H and O–H groups in total. The Kier molecular flexibility index (Phi) is 6.61. The summed E-state index contributed by atoms with van der Waals surface area (Å²) in [6.07, 6.45) is 0.560. The zero-order valence-corrected chi connectivity index (χ0v) is 17.2. The Morgan fingerprint density at radius 2 is 1.32 bits per heavy atom. The van der Waals surface area contributed by atoms with Crippen LogP contribution in [0.3, 0.4) is 0 Å². The molecule has 2 atom stereocenters. The summed E-state index contributed by atoms with van der Waals surface area (Å²) in [6.45, 7) is 11.5. The Labute approximate surface area is 154 Å². The normalized spacial score (nSPS) is 15.0. The standard InChI is InChI=1S/C22H32O2Si/c1-18(19(2)23)16-17-24-25(22(3,4)5,20-12-8-6-9-13-20)21-14-10-7-11-15-21/h6-15,18-19,23H,16-17H2,1-5H3/t18-,19-/m1/s1. The van der Waals surface area contributed by atoms with Crippen LogP contribution in [-0.4, -0.2) is 26.1 Å².